The number of ketones is 3. The Bertz CT molecular complexity index is 882. The van der Waals surface area contributed by atoms with E-state index in [1.165, 1.54) is 0 Å². The lowest BCUT2D eigenvalue weighted by Crippen LogP contribution is -2.58. The van der Waals surface area contributed by atoms with Gasteiger partial charge >= 0.3 is 0 Å². The van der Waals surface area contributed by atoms with Gasteiger partial charge in [-0.25, -0.2) is 0 Å². The number of hydrogen-bond acceptors (Lipinski definition) is 4. The predicted octanol–water partition coefficient (Wildman–Crippen LogP) is 6.20. The van der Waals surface area contributed by atoms with Gasteiger partial charge in [0.25, 0.3) is 0 Å². The van der Waals surface area contributed by atoms with Crippen LogP contribution in [0.4, 0.5) is 0 Å². The largest absolute Gasteiger partial charge is 0.390 e. The van der Waals surface area contributed by atoms with Crippen LogP contribution >= 0.6 is 0 Å². The summed E-state index contributed by atoms with van der Waals surface area (Å²) < 4.78 is 0. The minimum atomic E-state index is -1.13. The lowest BCUT2D eigenvalue weighted by atomic mass is 9.50. The van der Waals surface area contributed by atoms with Gasteiger partial charge in [0, 0.05) is 11.8 Å². The van der Waals surface area contributed by atoms with E-state index in [-0.39, 0.29) is 52.4 Å². The second-order valence-corrected chi connectivity index (χ2v) is 13.9. The van der Waals surface area contributed by atoms with Crippen molar-refractivity contribution in [2.75, 3.05) is 0 Å². The van der Waals surface area contributed by atoms with E-state index in [0.29, 0.717) is 25.7 Å². The Balaban J connectivity index is 2.22. The lowest BCUT2D eigenvalue weighted by Gasteiger charge is -2.51. The van der Waals surface area contributed by atoms with Gasteiger partial charge in [0.1, 0.15) is 11.6 Å². The van der Waals surface area contributed by atoms with Gasteiger partial charge in [-0.15, -0.1) is 0 Å². The van der Waals surface area contributed by atoms with Crippen LogP contribution in [0.15, 0.2) is 11.6 Å². The minimum Gasteiger partial charge on any atom is -0.390 e. The van der Waals surface area contributed by atoms with E-state index in [1.54, 1.807) is 0 Å². The molecule has 3 aliphatic rings. The first-order valence-electron chi connectivity index (χ1n) is 13.4. The molecule has 34 heavy (non-hydrogen) atoms. The Morgan fingerprint density at radius 3 is 2.18 bits per heavy atom. The standard InChI is InChI=1S/C30H48O4/c1-11-18(4)24(31)23-26(33)30(13-12-17(2)3)16-19(27(23,5)6)14-21-20(25(30)32)15-22(28(21,7)8)29(9,10)34/h12,18-23,34H,11,13-16H2,1-10H3/t18?,19-,20+,21-,22-,23-,30-/m0/s1. The molecule has 2 bridgehead atoms. The Labute approximate surface area is 207 Å². The third-order valence-corrected chi connectivity index (χ3v) is 10.4. The molecule has 0 heterocycles. The van der Waals surface area contributed by atoms with Crippen molar-refractivity contribution in [3.05, 3.63) is 11.6 Å². The normalized spacial score (nSPS) is 37.6. The van der Waals surface area contributed by atoms with Gasteiger partial charge in [-0.1, -0.05) is 53.2 Å². The molecule has 4 heteroatoms. The quantitative estimate of drug-likeness (QED) is 0.369. The number of Topliss-reactive ketones (excluding diaryl/α,β-unsaturated/α-hetero) is 3. The van der Waals surface area contributed by atoms with Gasteiger partial charge in [-0.05, 0) is 88.4 Å². The number of fused-ring (bicyclic) bond motifs is 3. The predicted molar refractivity (Wildman–Crippen MR) is 136 cm³/mol. The maximum Gasteiger partial charge on any atom is 0.157 e. The highest BCUT2D eigenvalue weighted by Crippen LogP contribution is 2.65. The summed E-state index contributed by atoms with van der Waals surface area (Å²) in [7, 11) is 0. The number of aliphatic hydroxyl groups is 1. The van der Waals surface area contributed by atoms with Gasteiger partial charge in [0.2, 0.25) is 0 Å². The van der Waals surface area contributed by atoms with Gasteiger partial charge < -0.3 is 5.11 Å². The third-order valence-electron chi connectivity index (χ3n) is 10.4. The first-order valence-corrected chi connectivity index (χ1v) is 13.4. The van der Waals surface area contributed by atoms with Crippen molar-refractivity contribution in [3.63, 3.8) is 0 Å². The molecule has 3 saturated carbocycles. The molecule has 0 radical (unpaired) electrons. The van der Waals surface area contributed by atoms with E-state index in [9.17, 15) is 19.5 Å². The minimum absolute atomic E-state index is 0.0114. The monoisotopic (exact) mass is 472 g/mol. The van der Waals surface area contributed by atoms with Gasteiger partial charge in [-0.2, -0.15) is 0 Å². The van der Waals surface area contributed by atoms with Crippen molar-refractivity contribution in [1.82, 2.24) is 0 Å². The topological polar surface area (TPSA) is 71.4 Å². The maximum absolute atomic E-state index is 14.5. The summed E-state index contributed by atoms with van der Waals surface area (Å²) in [6, 6.07) is 0. The Kier molecular flexibility index (Phi) is 6.97. The Hall–Kier alpha value is -1.29. The molecule has 3 rings (SSSR count). The zero-order chi connectivity index (χ0) is 26.0. The zero-order valence-corrected chi connectivity index (χ0v) is 23.2. The summed E-state index contributed by atoms with van der Waals surface area (Å²) in [5, 5.41) is 11.0. The van der Waals surface area contributed by atoms with Crippen LogP contribution in [0.3, 0.4) is 0 Å². The molecule has 4 nitrogen and oxygen atoms in total. The molecular weight excluding hydrogens is 424 g/mol. The molecule has 3 fully saturated rings. The summed E-state index contributed by atoms with van der Waals surface area (Å²) >= 11 is 0. The van der Waals surface area contributed by atoms with Crippen LogP contribution in [0.25, 0.3) is 0 Å². The smallest absolute Gasteiger partial charge is 0.157 e. The molecule has 0 aliphatic heterocycles. The highest BCUT2D eigenvalue weighted by molar-refractivity contribution is 6.17. The SMILES string of the molecule is CCC(C)C(=O)[C@H]1C(=O)[C@@]2(CC=C(C)C)C[C@H](C[C@H]3[C@@H](C[C@H](C(C)(C)O)C3(C)C)C2=O)C1(C)C. The molecule has 3 aliphatic carbocycles. The molecular formula is C30H48O4. The van der Waals surface area contributed by atoms with Crippen LogP contribution in [0.1, 0.15) is 101 Å². The van der Waals surface area contributed by atoms with E-state index in [4.69, 9.17) is 0 Å². The van der Waals surface area contributed by atoms with Crippen LogP contribution < -0.4 is 0 Å². The average molecular weight is 473 g/mol. The fourth-order valence-corrected chi connectivity index (χ4v) is 8.00. The zero-order valence-electron chi connectivity index (χ0n) is 23.2. The third kappa shape index (κ3) is 4.06. The lowest BCUT2D eigenvalue weighted by molar-refractivity contribution is -0.160. The second kappa shape index (κ2) is 8.68. The summed E-state index contributed by atoms with van der Waals surface area (Å²) in [6.07, 6.45) is 5.11. The Morgan fingerprint density at radius 1 is 1.09 bits per heavy atom. The first kappa shape index (κ1) is 27.3. The van der Waals surface area contributed by atoms with E-state index in [1.807, 2.05) is 47.6 Å². The van der Waals surface area contributed by atoms with Crippen molar-refractivity contribution < 1.29 is 19.5 Å². The molecule has 1 unspecified atom stereocenters. The van der Waals surface area contributed by atoms with Crippen LogP contribution in [0.5, 0.6) is 0 Å². The molecule has 0 spiro atoms. The molecule has 0 amide bonds. The molecule has 1 N–H and O–H groups in total. The summed E-state index contributed by atoms with van der Waals surface area (Å²) in [4.78, 5) is 42.6. The fourth-order valence-electron chi connectivity index (χ4n) is 8.00. The number of carbonyl (C=O) groups excluding carboxylic acids is 3. The van der Waals surface area contributed by atoms with Gasteiger partial charge in [0.15, 0.2) is 5.78 Å². The molecule has 0 saturated heterocycles. The van der Waals surface area contributed by atoms with Crippen LogP contribution in [-0.4, -0.2) is 28.1 Å². The van der Waals surface area contributed by atoms with Crippen molar-refractivity contribution in [2.24, 2.45) is 51.8 Å². The average Bonchev–Trinajstić information content (AvgIpc) is 2.90. The van der Waals surface area contributed by atoms with Gasteiger partial charge in [0.05, 0.1) is 16.9 Å². The van der Waals surface area contributed by atoms with Gasteiger partial charge in [-0.3, -0.25) is 14.4 Å². The fraction of sp³-hybridized carbons (Fsp3) is 0.833. The Morgan fingerprint density at radius 2 is 1.68 bits per heavy atom. The molecule has 0 aromatic carbocycles. The van der Waals surface area contributed by atoms with E-state index in [2.05, 4.69) is 27.7 Å². The maximum atomic E-state index is 14.5. The molecule has 192 valence electrons. The van der Waals surface area contributed by atoms with Crippen LogP contribution in [-0.2, 0) is 14.4 Å². The summed E-state index contributed by atoms with van der Waals surface area (Å²) in [5.74, 6) is -1.08. The highest BCUT2D eigenvalue weighted by Gasteiger charge is 2.68. The summed E-state index contributed by atoms with van der Waals surface area (Å²) in [6.45, 7) is 20.2. The number of allylic oxidation sites excluding steroid dienone is 2. The number of hydrogen-bond donors (Lipinski definition) is 1. The van der Waals surface area contributed by atoms with Crippen molar-refractivity contribution in [1.29, 1.82) is 0 Å². The summed E-state index contributed by atoms with van der Waals surface area (Å²) in [5.41, 5.74) is -1.67. The van der Waals surface area contributed by atoms with Crippen LogP contribution in [0.2, 0.25) is 0 Å². The molecule has 7 atom stereocenters. The van der Waals surface area contributed by atoms with E-state index >= 15 is 0 Å². The number of carbonyl (C=O) groups is 3. The highest BCUT2D eigenvalue weighted by atomic mass is 16.3. The van der Waals surface area contributed by atoms with E-state index in [0.717, 1.165) is 12.0 Å². The van der Waals surface area contributed by atoms with Crippen molar-refractivity contribution in [3.8, 4) is 0 Å². The van der Waals surface area contributed by atoms with E-state index < -0.39 is 22.3 Å². The van der Waals surface area contributed by atoms with Crippen LogP contribution in [0, 0.1) is 51.8 Å². The van der Waals surface area contributed by atoms with Crippen molar-refractivity contribution >= 4 is 17.3 Å². The molecule has 0 aromatic rings. The molecule has 0 aromatic heterocycles. The first-order chi connectivity index (χ1) is 15.4. The second-order valence-electron chi connectivity index (χ2n) is 13.9. The van der Waals surface area contributed by atoms with Crippen molar-refractivity contribution in [2.45, 2.75) is 107 Å². The number of rotatable bonds is 6.